The molecule has 3 heterocycles. The summed E-state index contributed by atoms with van der Waals surface area (Å²) < 4.78 is 20.8. The van der Waals surface area contributed by atoms with Crippen molar-refractivity contribution in [1.82, 2.24) is 9.88 Å². The Balaban J connectivity index is 1.57. The highest BCUT2D eigenvalue weighted by molar-refractivity contribution is 6.30. The van der Waals surface area contributed by atoms with Crippen LogP contribution in [0.1, 0.15) is 87.2 Å². The first kappa shape index (κ1) is 32.4. The van der Waals surface area contributed by atoms with Crippen LogP contribution in [0.25, 0.3) is 11.1 Å². The molecule has 2 aliphatic rings. The van der Waals surface area contributed by atoms with Crippen LogP contribution in [0.15, 0.2) is 36.4 Å². The van der Waals surface area contributed by atoms with E-state index in [-0.39, 0.29) is 16.3 Å². The van der Waals surface area contributed by atoms with Gasteiger partial charge in [0.2, 0.25) is 0 Å². The van der Waals surface area contributed by atoms with Crippen molar-refractivity contribution in [3.8, 4) is 11.1 Å². The first-order valence-electron chi connectivity index (χ1n) is 15.6. The number of carboxylic acids is 1. The lowest BCUT2D eigenvalue weighted by molar-refractivity contribution is -0.160. The predicted octanol–water partition coefficient (Wildman–Crippen LogP) is 8.28. The molecule has 0 aliphatic carbocycles. The first-order valence-corrected chi connectivity index (χ1v) is 16.0. The molecule has 1 N–H and O–H groups in total. The van der Waals surface area contributed by atoms with Crippen molar-refractivity contribution in [1.29, 1.82) is 0 Å². The third-order valence-electron chi connectivity index (χ3n) is 8.98. The number of benzene rings is 2. The zero-order valence-electron chi connectivity index (χ0n) is 27.1. The van der Waals surface area contributed by atoms with Gasteiger partial charge in [-0.2, -0.15) is 0 Å². The number of aromatic nitrogens is 1. The van der Waals surface area contributed by atoms with E-state index in [0.717, 1.165) is 61.4 Å². The molecule has 2 aromatic carbocycles. The smallest absolute Gasteiger partial charge is 0.337 e. The predicted molar refractivity (Wildman–Crippen MR) is 175 cm³/mol. The zero-order valence-corrected chi connectivity index (χ0v) is 27.8. The van der Waals surface area contributed by atoms with Crippen LogP contribution in [0.5, 0.6) is 0 Å². The molecule has 1 saturated heterocycles. The zero-order chi connectivity index (χ0) is 32.0. The molecule has 8 heteroatoms. The number of fused-ring (bicyclic) bond motifs is 1. The molecule has 3 aromatic rings. The number of rotatable bonds is 7. The summed E-state index contributed by atoms with van der Waals surface area (Å²) in [6, 6.07) is 11.7. The molecular formula is C36H45ClFN3O3. The van der Waals surface area contributed by atoms with Crippen LogP contribution in [-0.2, 0) is 29.0 Å². The molecule has 0 spiro atoms. The quantitative estimate of drug-likeness (QED) is 0.286. The van der Waals surface area contributed by atoms with E-state index in [1.807, 2.05) is 34.6 Å². The van der Waals surface area contributed by atoms with E-state index in [2.05, 4.69) is 41.8 Å². The number of ether oxygens (including phenoxy) is 1. The molecule has 0 radical (unpaired) electrons. The van der Waals surface area contributed by atoms with Crippen LogP contribution in [0.4, 0.5) is 10.1 Å². The van der Waals surface area contributed by atoms with Crippen LogP contribution >= 0.6 is 11.6 Å². The van der Waals surface area contributed by atoms with Gasteiger partial charge < -0.3 is 14.7 Å². The van der Waals surface area contributed by atoms with E-state index in [9.17, 15) is 14.3 Å². The van der Waals surface area contributed by atoms with E-state index in [0.29, 0.717) is 29.9 Å². The van der Waals surface area contributed by atoms with Gasteiger partial charge in [-0.15, -0.1) is 0 Å². The fourth-order valence-corrected chi connectivity index (χ4v) is 6.76. The molecule has 1 aromatic heterocycles. The van der Waals surface area contributed by atoms with Crippen LogP contribution in [-0.4, -0.2) is 46.2 Å². The number of carboxylic acid groups (broad SMARTS) is 1. The second kappa shape index (κ2) is 12.4. The maximum absolute atomic E-state index is 14.6. The van der Waals surface area contributed by atoms with Crippen molar-refractivity contribution in [2.24, 2.45) is 5.41 Å². The molecule has 2 aliphatic heterocycles. The van der Waals surface area contributed by atoms with Crippen LogP contribution in [0, 0.1) is 25.1 Å². The fraction of sp³-hybridized carbons (Fsp3) is 0.500. The lowest BCUT2D eigenvalue weighted by Gasteiger charge is -2.41. The Hall–Kier alpha value is -3.00. The number of pyridine rings is 1. The topological polar surface area (TPSA) is 65.9 Å². The summed E-state index contributed by atoms with van der Waals surface area (Å²) in [6.45, 7) is 17.8. The number of nitrogens with zero attached hydrogens (tertiary/aromatic N) is 3. The molecule has 0 amide bonds. The minimum atomic E-state index is -1.15. The van der Waals surface area contributed by atoms with Gasteiger partial charge in [0.05, 0.1) is 16.3 Å². The second-order valence-corrected chi connectivity index (χ2v) is 14.6. The van der Waals surface area contributed by atoms with Gasteiger partial charge in [-0.3, -0.25) is 9.88 Å². The molecular weight excluding hydrogens is 577 g/mol. The van der Waals surface area contributed by atoms with Crippen LogP contribution < -0.4 is 4.90 Å². The summed E-state index contributed by atoms with van der Waals surface area (Å²) in [6.07, 6.45) is 1.70. The molecule has 5 rings (SSSR count). The van der Waals surface area contributed by atoms with Crippen molar-refractivity contribution in [2.75, 3.05) is 24.5 Å². The molecule has 1 atom stereocenters. The van der Waals surface area contributed by atoms with Crippen LogP contribution in [0.3, 0.4) is 0 Å². The van der Waals surface area contributed by atoms with Crippen molar-refractivity contribution < 1.29 is 19.0 Å². The average Bonchev–Trinajstić information content (AvgIpc) is 2.93. The van der Waals surface area contributed by atoms with Crippen LogP contribution in [0.2, 0.25) is 5.02 Å². The Morgan fingerprint density at radius 2 is 1.80 bits per heavy atom. The Morgan fingerprint density at radius 3 is 2.45 bits per heavy atom. The summed E-state index contributed by atoms with van der Waals surface area (Å²) in [5.74, 6) is -1.36. The van der Waals surface area contributed by atoms with Gasteiger partial charge >= 0.3 is 5.97 Å². The molecule has 0 saturated carbocycles. The Bertz CT molecular complexity index is 1560. The Morgan fingerprint density at radius 1 is 1.09 bits per heavy atom. The summed E-state index contributed by atoms with van der Waals surface area (Å²) in [7, 11) is 0. The summed E-state index contributed by atoms with van der Waals surface area (Å²) in [5, 5.41) is 10.6. The minimum Gasteiger partial charge on any atom is -0.479 e. The standard InChI is InChI=1S/C36H45ClFN3O3/c1-22-29(25-11-12-26-20-40(16-13-24(26)19-25)21-27-9-8-10-28(37)31(27)38)32(41-17-14-36(6,7)15-18-41)30(23(2)39-22)33(34(42)43)44-35(3,4)5/h8-12,19,33H,13-18,20-21H2,1-7H3,(H,42,43)/t33-/m0/s1. The molecule has 0 bridgehead atoms. The van der Waals surface area contributed by atoms with Gasteiger partial charge in [0, 0.05) is 60.8 Å². The number of hydrogen-bond donors (Lipinski definition) is 1. The Kier molecular flexibility index (Phi) is 9.14. The van der Waals surface area contributed by atoms with E-state index in [1.165, 1.54) is 11.1 Å². The van der Waals surface area contributed by atoms with Crippen molar-refractivity contribution in [3.05, 3.63) is 80.9 Å². The lowest BCUT2D eigenvalue weighted by Crippen LogP contribution is -2.39. The van der Waals surface area contributed by atoms with Gasteiger partial charge in [-0.05, 0) is 82.1 Å². The van der Waals surface area contributed by atoms with E-state index >= 15 is 0 Å². The van der Waals surface area contributed by atoms with Gasteiger partial charge in [0.25, 0.3) is 0 Å². The summed E-state index contributed by atoms with van der Waals surface area (Å²) >= 11 is 6.03. The van der Waals surface area contributed by atoms with Gasteiger partial charge in [-0.25, -0.2) is 9.18 Å². The largest absolute Gasteiger partial charge is 0.479 e. The number of hydrogen-bond acceptors (Lipinski definition) is 5. The molecule has 44 heavy (non-hydrogen) atoms. The van der Waals surface area contributed by atoms with E-state index < -0.39 is 17.7 Å². The van der Waals surface area contributed by atoms with E-state index in [4.69, 9.17) is 21.3 Å². The monoisotopic (exact) mass is 621 g/mol. The average molecular weight is 622 g/mol. The molecule has 0 unspecified atom stereocenters. The number of piperidine rings is 1. The number of carbonyl (C=O) groups is 1. The highest BCUT2D eigenvalue weighted by atomic mass is 35.5. The third kappa shape index (κ3) is 6.95. The van der Waals surface area contributed by atoms with E-state index in [1.54, 1.807) is 18.2 Å². The molecule has 6 nitrogen and oxygen atoms in total. The molecule has 236 valence electrons. The number of halogens is 2. The highest BCUT2D eigenvalue weighted by Crippen LogP contribution is 2.45. The minimum absolute atomic E-state index is 0.150. The molecule has 1 fully saturated rings. The maximum atomic E-state index is 14.6. The second-order valence-electron chi connectivity index (χ2n) is 14.2. The van der Waals surface area contributed by atoms with Crippen molar-refractivity contribution >= 4 is 23.3 Å². The SMILES string of the molecule is Cc1nc(C)c([C@H](OC(C)(C)C)C(=O)O)c(N2CCC(C)(C)CC2)c1-c1ccc2c(c1)CCN(Cc1cccc(Cl)c1F)C2. The normalized spacial score (nSPS) is 17.8. The number of aryl methyl sites for hydroxylation is 2. The number of aliphatic carboxylic acids is 1. The maximum Gasteiger partial charge on any atom is 0.337 e. The number of anilines is 1. The fourth-order valence-electron chi connectivity index (χ4n) is 6.57. The first-order chi connectivity index (χ1) is 20.6. The van der Waals surface area contributed by atoms with Crippen molar-refractivity contribution in [2.45, 2.75) is 92.5 Å². The van der Waals surface area contributed by atoms with Gasteiger partial charge in [-0.1, -0.05) is 55.8 Å². The third-order valence-corrected chi connectivity index (χ3v) is 9.27. The summed E-state index contributed by atoms with van der Waals surface area (Å²) in [5.41, 5.74) is 7.76. The lowest BCUT2D eigenvalue weighted by atomic mass is 9.81. The Labute approximate surface area is 266 Å². The van der Waals surface area contributed by atoms with Gasteiger partial charge in [0.1, 0.15) is 5.82 Å². The summed E-state index contributed by atoms with van der Waals surface area (Å²) in [4.78, 5) is 22.3. The van der Waals surface area contributed by atoms with Gasteiger partial charge in [0.15, 0.2) is 6.10 Å². The highest BCUT2D eigenvalue weighted by Gasteiger charge is 2.36. The van der Waals surface area contributed by atoms with Crippen molar-refractivity contribution in [3.63, 3.8) is 0 Å².